The first-order chi connectivity index (χ1) is 11.0. The van der Waals surface area contributed by atoms with Gasteiger partial charge < -0.3 is 5.32 Å². The van der Waals surface area contributed by atoms with Crippen LogP contribution in [0.1, 0.15) is 42.9 Å². The maximum Gasteiger partial charge on any atom is 0.416 e. The van der Waals surface area contributed by atoms with E-state index in [2.05, 4.69) is 26.1 Å². The Labute approximate surface area is 167 Å². The van der Waals surface area contributed by atoms with Crippen LogP contribution in [0, 0.1) is 5.92 Å². The van der Waals surface area contributed by atoms with Crippen LogP contribution in [0.25, 0.3) is 0 Å². The lowest BCUT2D eigenvalue weighted by atomic mass is 9.89. The zero-order valence-corrected chi connectivity index (χ0v) is 17.0. The fourth-order valence-electron chi connectivity index (χ4n) is 3.93. The summed E-state index contributed by atoms with van der Waals surface area (Å²) in [4.78, 5) is 2.37. The zero-order valence-electron chi connectivity index (χ0n) is 13.8. The number of alkyl halides is 3. The van der Waals surface area contributed by atoms with Crippen LogP contribution in [0.4, 0.5) is 13.2 Å². The molecule has 1 aromatic rings. The fraction of sp³-hybridized carbons (Fsp3) is 0.647. The van der Waals surface area contributed by atoms with E-state index < -0.39 is 11.7 Å². The first-order valence-corrected chi connectivity index (χ1v) is 9.07. The van der Waals surface area contributed by atoms with E-state index in [0.29, 0.717) is 5.92 Å². The molecule has 1 aliphatic heterocycles. The molecular formula is C17H24BrCl2F3N2. The first-order valence-electron chi connectivity index (χ1n) is 8.28. The van der Waals surface area contributed by atoms with Gasteiger partial charge in [0, 0.05) is 36.7 Å². The Bertz CT molecular complexity index is 545. The molecule has 0 aromatic heterocycles. The quantitative estimate of drug-likeness (QED) is 0.641. The van der Waals surface area contributed by atoms with E-state index in [-0.39, 0.29) is 30.9 Å². The Balaban J connectivity index is 0.00000156. The summed E-state index contributed by atoms with van der Waals surface area (Å²) in [5.41, 5.74) is 0.252. The van der Waals surface area contributed by atoms with Crippen molar-refractivity contribution in [2.45, 2.75) is 37.9 Å². The zero-order chi connectivity index (χ0) is 16.4. The molecule has 0 spiro atoms. The van der Waals surface area contributed by atoms with Crippen molar-refractivity contribution in [3.63, 3.8) is 0 Å². The highest BCUT2D eigenvalue weighted by Crippen LogP contribution is 2.43. The van der Waals surface area contributed by atoms with Gasteiger partial charge in [-0.2, -0.15) is 13.2 Å². The van der Waals surface area contributed by atoms with Crippen LogP contribution < -0.4 is 5.32 Å². The smallest absolute Gasteiger partial charge is 0.314 e. The summed E-state index contributed by atoms with van der Waals surface area (Å²) in [6.45, 7) is 3.59. The molecule has 1 saturated carbocycles. The van der Waals surface area contributed by atoms with Gasteiger partial charge in [0.25, 0.3) is 0 Å². The van der Waals surface area contributed by atoms with Gasteiger partial charge in [-0.05, 0) is 42.5 Å². The molecular weight excluding hydrogens is 440 g/mol. The van der Waals surface area contributed by atoms with Crippen molar-refractivity contribution < 1.29 is 13.2 Å². The van der Waals surface area contributed by atoms with Crippen molar-refractivity contribution in [3.05, 3.63) is 33.8 Å². The number of rotatable bonds is 3. The minimum atomic E-state index is -4.29. The Morgan fingerprint density at radius 3 is 2.24 bits per heavy atom. The van der Waals surface area contributed by atoms with E-state index in [9.17, 15) is 13.2 Å². The number of nitrogens with one attached hydrogen (secondary N) is 1. The Kier molecular flexibility index (Phi) is 9.02. The standard InChI is InChI=1S/C17H22BrF3N2.2ClH/c18-15-6-5-13(17(19,20)21)11-14(15)16(12-3-1-2-4-12)23-9-7-22-8-10-23;;/h5-6,11-12,16,22H,1-4,7-10H2;2*1H/t16-;;/m0../s1. The summed E-state index contributed by atoms with van der Waals surface area (Å²) >= 11 is 3.50. The third-order valence-electron chi connectivity index (χ3n) is 5.03. The largest absolute Gasteiger partial charge is 0.416 e. The third kappa shape index (κ3) is 5.48. The average molecular weight is 464 g/mol. The van der Waals surface area contributed by atoms with Crippen molar-refractivity contribution in [2.24, 2.45) is 5.92 Å². The summed E-state index contributed by atoms with van der Waals surface area (Å²) in [7, 11) is 0. The first kappa shape index (κ1) is 23.0. The van der Waals surface area contributed by atoms with E-state index in [1.54, 1.807) is 6.07 Å². The van der Waals surface area contributed by atoms with Crippen LogP contribution in [0.2, 0.25) is 0 Å². The van der Waals surface area contributed by atoms with Gasteiger partial charge in [0.15, 0.2) is 0 Å². The lowest BCUT2D eigenvalue weighted by Gasteiger charge is -2.39. The topological polar surface area (TPSA) is 15.3 Å². The molecule has 8 heteroatoms. The highest BCUT2D eigenvalue weighted by atomic mass is 79.9. The summed E-state index contributed by atoms with van der Waals surface area (Å²) in [6.07, 6.45) is 0.293. The average Bonchev–Trinajstić information content (AvgIpc) is 3.03. The third-order valence-corrected chi connectivity index (χ3v) is 5.76. The molecule has 0 bridgehead atoms. The van der Waals surface area contributed by atoms with Gasteiger partial charge in [-0.25, -0.2) is 0 Å². The van der Waals surface area contributed by atoms with E-state index in [4.69, 9.17) is 0 Å². The second-order valence-corrected chi connectivity index (χ2v) is 7.36. The Morgan fingerprint density at radius 1 is 1.08 bits per heavy atom. The number of hydrogen-bond donors (Lipinski definition) is 1. The second-order valence-electron chi connectivity index (χ2n) is 6.51. The predicted molar refractivity (Wildman–Crippen MR) is 103 cm³/mol. The van der Waals surface area contributed by atoms with Gasteiger partial charge in [-0.3, -0.25) is 4.90 Å². The van der Waals surface area contributed by atoms with Crippen LogP contribution >= 0.6 is 40.7 Å². The molecule has 1 aliphatic carbocycles. The highest BCUT2D eigenvalue weighted by molar-refractivity contribution is 9.10. The molecule has 2 fully saturated rings. The van der Waals surface area contributed by atoms with Crippen LogP contribution in [0.5, 0.6) is 0 Å². The number of nitrogens with zero attached hydrogens (tertiary/aromatic N) is 1. The number of piperazine rings is 1. The monoisotopic (exact) mass is 462 g/mol. The van der Waals surface area contributed by atoms with Crippen LogP contribution in [0.15, 0.2) is 22.7 Å². The molecule has 0 radical (unpaired) electrons. The molecule has 3 rings (SSSR count). The van der Waals surface area contributed by atoms with Gasteiger partial charge in [-0.15, -0.1) is 24.8 Å². The number of benzene rings is 1. The molecule has 2 nitrogen and oxygen atoms in total. The lowest BCUT2D eigenvalue weighted by Crippen LogP contribution is -2.46. The second kappa shape index (κ2) is 9.79. The van der Waals surface area contributed by atoms with Crippen molar-refractivity contribution in [3.8, 4) is 0 Å². The van der Waals surface area contributed by atoms with Crippen LogP contribution in [-0.2, 0) is 6.18 Å². The van der Waals surface area contributed by atoms with Gasteiger partial charge in [-0.1, -0.05) is 28.8 Å². The number of hydrogen-bond acceptors (Lipinski definition) is 2. The van der Waals surface area contributed by atoms with E-state index in [0.717, 1.165) is 55.1 Å². The lowest BCUT2D eigenvalue weighted by molar-refractivity contribution is -0.137. The van der Waals surface area contributed by atoms with Gasteiger partial charge in [0.1, 0.15) is 0 Å². The maximum atomic E-state index is 13.1. The molecule has 1 N–H and O–H groups in total. The van der Waals surface area contributed by atoms with Gasteiger partial charge >= 0.3 is 6.18 Å². The number of halogens is 6. The summed E-state index contributed by atoms with van der Waals surface area (Å²) in [5.74, 6) is 0.452. The fourth-order valence-corrected chi connectivity index (χ4v) is 4.41. The summed E-state index contributed by atoms with van der Waals surface area (Å²) in [6, 6.07) is 4.16. The minimum absolute atomic E-state index is 0. The highest BCUT2D eigenvalue weighted by Gasteiger charge is 2.36. The minimum Gasteiger partial charge on any atom is -0.314 e. The van der Waals surface area contributed by atoms with Crippen molar-refractivity contribution >= 4 is 40.7 Å². The Hall–Kier alpha value is -0.0100. The summed E-state index contributed by atoms with van der Waals surface area (Å²) in [5, 5.41) is 3.33. The molecule has 144 valence electrons. The van der Waals surface area contributed by atoms with Crippen molar-refractivity contribution in [1.82, 2.24) is 10.2 Å². The molecule has 1 aromatic carbocycles. The summed E-state index contributed by atoms with van der Waals surface area (Å²) < 4.78 is 40.2. The molecule has 25 heavy (non-hydrogen) atoms. The molecule has 0 unspecified atom stereocenters. The SMILES string of the molecule is Cl.Cl.FC(F)(F)c1ccc(Br)c([C@H](C2CCCC2)N2CCNCC2)c1. The maximum absolute atomic E-state index is 13.1. The Morgan fingerprint density at radius 2 is 1.68 bits per heavy atom. The molecule has 0 amide bonds. The normalized spacial score (nSPS) is 20.6. The predicted octanol–water partition coefficient (Wildman–Crippen LogP) is 5.45. The van der Waals surface area contributed by atoms with E-state index >= 15 is 0 Å². The van der Waals surface area contributed by atoms with E-state index in [1.165, 1.54) is 18.9 Å². The van der Waals surface area contributed by atoms with Crippen LogP contribution in [0.3, 0.4) is 0 Å². The molecule has 1 heterocycles. The molecule has 1 atom stereocenters. The van der Waals surface area contributed by atoms with Gasteiger partial charge in [0.05, 0.1) is 5.56 Å². The van der Waals surface area contributed by atoms with Crippen LogP contribution in [-0.4, -0.2) is 31.1 Å². The van der Waals surface area contributed by atoms with Gasteiger partial charge in [0.2, 0.25) is 0 Å². The van der Waals surface area contributed by atoms with Crippen molar-refractivity contribution in [1.29, 1.82) is 0 Å². The van der Waals surface area contributed by atoms with Crippen molar-refractivity contribution in [2.75, 3.05) is 26.2 Å². The molecule has 1 saturated heterocycles. The molecule has 2 aliphatic rings. The van der Waals surface area contributed by atoms with E-state index in [1.807, 2.05) is 0 Å².